The summed E-state index contributed by atoms with van der Waals surface area (Å²) in [6, 6.07) is 17.0. The molecule has 1 aliphatic carbocycles. The van der Waals surface area contributed by atoms with Crippen LogP contribution in [0.3, 0.4) is 0 Å². The number of benzene rings is 2. The van der Waals surface area contributed by atoms with Crippen LogP contribution in [-0.4, -0.2) is 30.4 Å². The van der Waals surface area contributed by atoms with Crippen molar-refractivity contribution in [1.82, 2.24) is 10.2 Å². The van der Waals surface area contributed by atoms with E-state index in [9.17, 15) is 4.79 Å². The van der Waals surface area contributed by atoms with Crippen molar-refractivity contribution < 1.29 is 4.79 Å². The number of hydrogen-bond acceptors (Lipinski definition) is 2. The first-order valence-corrected chi connectivity index (χ1v) is 8.96. The van der Waals surface area contributed by atoms with Gasteiger partial charge in [0.2, 0.25) is 5.91 Å². The highest BCUT2D eigenvalue weighted by molar-refractivity contribution is 5.84. The lowest BCUT2D eigenvalue weighted by atomic mass is 10.00. The first-order valence-electron chi connectivity index (χ1n) is 8.96. The summed E-state index contributed by atoms with van der Waals surface area (Å²) in [6.07, 6.45) is 3.08. The Hall–Kier alpha value is -2.13. The summed E-state index contributed by atoms with van der Waals surface area (Å²) in [5.74, 6) is 0.237. The van der Waals surface area contributed by atoms with Crippen LogP contribution in [0.25, 0.3) is 0 Å². The maximum atomic E-state index is 12.5. The summed E-state index contributed by atoms with van der Waals surface area (Å²) in [4.78, 5) is 15.0. The molecule has 0 spiro atoms. The monoisotopic (exact) mass is 320 g/mol. The Bertz CT molecular complexity index is 740. The van der Waals surface area contributed by atoms with Crippen molar-refractivity contribution in [3.05, 3.63) is 70.8 Å². The second-order valence-corrected chi connectivity index (χ2v) is 6.88. The highest BCUT2D eigenvalue weighted by Gasteiger charge is 2.27. The van der Waals surface area contributed by atoms with Gasteiger partial charge in [-0.1, -0.05) is 48.5 Å². The van der Waals surface area contributed by atoms with E-state index in [-0.39, 0.29) is 11.8 Å². The van der Waals surface area contributed by atoms with Crippen molar-refractivity contribution in [2.24, 2.45) is 0 Å². The molecular formula is C21H24N2O. The normalized spacial score (nSPS) is 19.6. The maximum absolute atomic E-state index is 12.5. The van der Waals surface area contributed by atoms with Crippen LogP contribution in [0.4, 0.5) is 0 Å². The Morgan fingerprint density at radius 1 is 1.00 bits per heavy atom. The maximum Gasteiger partial charge on any atom is 0.227 e. The van der Waals surface area contributed by atoms with Crippen LogP contribution in [0.1, 0.15) is 34.6 Å². The molecule has 0 radical (unpaired) electrons. The molecule has 3 nitrogen and oxygen atoms in total. The summed E-state index contributed by atoms with van der Waals surface area (Å²) < 4.78 is 0. The summed E-state index contributed by atoms with van der Waals surface area (Å²) in [7, 11) is 0. The van der Waals surface area contributed by atoms with Gasteiger partial charge in [-0.3, -0.25) is 9.69 Å². The highest BCUT2D eigenvalue weighted by Crippen LogP contribution is 2.32. The molecule has 1 aliphatic heterocycles. The molecule has 0 saturated carbocycles. The highest BCUT2D eigenvalue weighted by atomic mass is 16.1. The molecule has 2 aromatic carbocycles. The molecule has 0 fully saturated rings. The number of carbonyl (C=O) groups is 1. The van der Waals surface area contributed by atoms with E-state index in [4.69, 9.17) is 0 Å². The number of hydrogen-bond donors (Lipinski definition) is 1. The molecule has 1 atom stereocenters. The van der Waals surface area contributed by atoms with Crippen molar-refractivity contribution in [1.29, 1.82) is 0 Å². The number of nitrogens with zero attached hydrogens (tertiary/aromatic N) is 1. The van der Waals surface area contributed by atoms with Crippen LogP contribution < -0.4 is 5.32 Å². The van der Waals surface area contributed by atoms with E-state index < -0.39 is 0 Å². The zero-order chi connectivity index (χ0) is 16.4. The topological polar surface area (TPSA) is 32.3 Å². The van der Waals surface area contributed by atoms with Crippen molar-refractivity contribution >= 4 is 5.91 Å². The van der Waals surface area contributed by atoms with Crippen molar-refractivity contribution in [2.45, 2.75) is 31.7 Å². The summed E-state index contributed by atoms with van der Waals surface area (Å²) >= 11 is 0. The Kier molecular flexibility index (Phi) is 4.35. The lowest BCUT2D eigenvalue weighted by Gasteiger charge is -2.28. The molecule has 0 aromatic heterocycles. The molecule has 0 unspecified atom stereocenters. The fraction of sp³-hybridized carbons (Fsp3) is 0.381. The van der Waals surface area contributed by atoms with E-state index in [1.165, 1.54) is 22.3 Å². The van der Waals surface area contributed by atoms with E-state index in [1.807, 2.05) is 6.07 Å². The minimum Gasteiger partial charge on any atom is -0.354 e. The molecule has 2 aliphatic rings. The van der Waals surface area contributed by atoms with Gasteiger partial charge in [-0.15, -0.1) is 0 Å². The minimum atomic E-state index is 0.0447. The average Bonchev–Trinajstić information content (AvgIpc) is 3.06. The lowest BCUT2D eigenvalue weighted by Crippen LogP contribution is -2.39. The molecule has 1 amide bonds. The fourth-order valence-electron chi connectivity index (χ4n) is 4.03. The Balaban J connectivity index is 1.29. The van der Waals surface area contributed by atoms with Gasteiger partial charge in [0, 0.05) is 26.2 Å². The minimum absolute atomic E-state index is 0.0447. The quantitative estimate of drug-likeness (QED) is 0.939. The van der Waals surface area contributed by atoms with Gasteiger partial charge in [0.15, 0.2) is 0 Å². The van der Waals surface area contributed by atoms with Crippen LogP contribution in [0.5, 0.6) is 0 Å². The third-order valence-corrected chi connectivity index (χ3v) is 5.39. The predicted molar refractivity (Wildman–Crippen MR) is 95.9 cm³/mol. The molecule has 4 rings (SSSR count). The summed E-state index contributed by atoms with van der Waals surface area (Å²) in [6.45, 7) is 3.74. The van der Waals surface area contributed by atoms with Gasteiger partial charge in [-0.25, -0.2) is 0 Å². The van der Waals surface area contributed by atoms with Gasteiger partial charge in [-0.2, -0.15) is 0 Å². The van der Waals surface area contributed by atoms with E-state index >= 15 is 0 Å². The Labute approximate surface area is 143 Å². The number of aryl methyl sites for hydroxylation is 1. The number of fused-ring (bicyclic) bond motifs is 2. The molecule has 24 heavy (non-hydrogen) atoms. The van der Waals surface area contributed by atoms with Gasteiger partial charge in [-0.05, 0) is 41.5 Å². The van der Waals surface area contributed by atoms with E-state index in [1.54, 1.807) is 0 Å². The number of rotatable bonds is 4. The van der Waals surface area contributed by atoms with Gasteiger partial charge in [0.25, 0.3) is 0 Å². The third-order valence-electron chi connectivity index (χ3n) is 5.39. The average molecular weight is 320 g/mol. The molecule has 0 saturated heterocycles. The fourth-order valence-corrected chi connectivity index (χ4v) is 4.03. The van der Waals surface area contributed by atoms with Gasteiger partial charge < -0.3 is 5.32 Å². The molecule has 2 aromatic rings. The lowest BCUT2D eigenvalue weighted by molar-refractivity contribution is -0.122. The largest absolute Gasteiger partial charge is 0.354 e. The van der Waals surface area contributed by atoms with E-state index in [0.29, 0.717) is 0 Å². The first kappa shape index (κ1) is 15.4. The number of nitrogens with one attached hydrogen (secondary N) is 1. The second-order valence-electron chi connectivity index (χ2n) is 6.88. The smallest absolute Gasteiger partial charge is 0.227 e. The van der Waals surface area contributed by atoms with Crippen molar-refractivity contribution in [3.63, 3.8) is 0 Å². The molecular weight excluding hydrogens is 296 g/mol. The van der Waals surface area contributed by atoms with Gasteiger partial charge >= 0.3 is 0 Å². The summed E-state index contributed by atoms with van der Waals surface area (Å²) in [5, 5.41) is 3.16. The molecule has 3 heteroatoms. The Morgan fingerprint density at radius 3 is 2.62 bits per heavy atom. The van der Waals surface area contributed by atoms with E-state index in [0.717, 1.165) is 45.4 Å². The third kappa shape index (κ3) is 3.09. The van der Waals surface area contributed by atoms with Crippen molar-refractivity contribution in [3.8, 4) is 0 Å². The van der Waals surface area contributed by atoms with Crippen LogP contribution in [0.2, 0.25) is 0 Å². The van der Waals surface area contributed by atoms with Crippen molar-refractivity contribution in [2.75, 3.05) is 19.6 Å². The Morgan fingerprint density at radius 2 is 1.75 bits per heavy atom. The number of amides is 1. The molecule has 124 valence electrons. The number of carbonyl (C=O) groups excluding carboxylic acids is 1. The summed E-state index contributed by atoms with van der Waals surface area (Å²) in [5.41, 5.74) is 5.47. The second kappa shape index (κ2) is 6.78. The molecule has 1 N–H and O–H groups in total. The SMILES string of the molecule is O=C(NCCN1CCc2ccccc2C1)[C@@H]1CCc2ccccc21. The zero-order valence-corrected chi connectivity index (χ0v) is 14.0. The van der Waals surface area contributed by atoms with E-state index in [2.05, 4.69) is 52.7 Å². The van der Waals surface area contributed by atoms with Crippen LogP contribution in [0, 0.1) is 0 Å². The molecule has 0 bridgehead atoms. The zero-order valence-electron chi connectivity index (χ0n) is 14.0. The molecule has 1 heterocycles. The standard InChI is InChI=1S/C21H24N2O/c24-21(20-10-9-17-6-3-4-8-19(17)20)22-12-14-23-13-11-16-5-1-2-7-18(16)15-23/h1-8,20H,9-15H2,(H,22,24)/t20-/m1/s1. The van der Waals surface area contributed by atoms with Crippen LogP contribution in [0.15, 0.2) is 48.5 Å². The van der Waals surface area contributed by atoms with Gasteiger partial charge in [0.1, 0.15) is 0 Å². The predicted octanol–water partition coefficient (Wildman–Crippen LogP) is 2.89. The van der Waals surface area contributed by atoms with Crippen LogP contribution in [-0.2, 0) is 24.2 Å². The van der Waals surface area contributed by atoms with Crippen LogP contribution >= 0.6 is 0 Å². The first-order chi connectivity index (χ1) is 11.8. The van der Waals surface area contributed by atoms with Gasteiger partial charge in [0.05, 0.1) is 5.92 Å².